The van der Waals surface area contributed by atoms with E-state index in [1.807, 2.05) is 12.1 Å². The Hall–Kier alpha value is -5.25. The molecule has 0 spiro atoms. The summed E-state index contributed by atoms with van der Waals surface area (Å²) in [5.41, 5.74) is 0.400. The molecule has 186 valence electrons. The zero-order valence-electron chi connectivity index (χ0n) is 19.3. The number of hydrogen-bond donors (Lipinski definition) is 1. The number of hydrogen-bond acceptors (Lipinski definition) is 7. The maximum atomic E-state index is 12.0. The highest BCUT2D eigenvalue weighted by atomic mass is 16.6. The Labute approximate surface area is 210 Å². The molecule has 0 amide bonds. The average molecular weight is 500 g/mol. The number of nitro benzene ring substituents is 2. The van der Waals surface area contributed by atoms with Crippen LogP contribution in [-0.4, -0.2) is 20.9 Å². The van der Waals surface area contributed by atoms with Gasteiger partial charge in [-0.2, -0.15) is 0 Å². The first-order valence-corrected chi connectivity index (χ1v) is 11.0. The van der Waals surface area contributed by atoms with Crippen LogP contribution in [0.1, 0.15) is 21.5 Å². The lowest BCUT2D eigenvalue weighted by molar-refractivity contribution is -0.395. The van der Waals surface area contributed by atoms with Gasteiger partial charge in [-0.05, 0) is 28.8 Å². The zero-order valence-corrected chi connectivity index (χ0v) is 19.3. The standard InChI is InChI=1S/C27H20N2O8/c30-27(31)21-13-11-20(12-14-21)24-25(36-16-18-7-3-1-4-8-18)22(28(32)33)15-23(29(34)35)26(24)37-17-19-9-5-2-6-10-19/h1-15H,16-17H2,(H,30,31). The van der Waals surface area contributed by atoms with Crippen LogP contribution in [-0.2, 0) is 13.2 Å². The number of nitrogens with zero attached hydrogens (tertiary/aromatic N) is 2. The second kappa shape index (κ2) is 11.0. The predicted molar refractivity (Wildman–Crippen MR) is 134 cm³/mol. The van der Waals surface area contributed by atoms with E-state index >= 15 is 0 Å². The highest BCUT2D eigenvalue weighted by molar-refractivity contribution is 5.90. The number of aromatic carboxylic acids is 1. The third kappa shape index (κ3) is 5.70. The van der Waals surface area contributed by atoms with Crippen LogP contribution in [0.2, 0.25) is 0 Å². The molecule has 0 aliphatic heterocycles. The number of carboxylic acid groups (broad SMARTS) is 1. The molecule has 0 radical (unpaired) electrons. The first-order chi connectivity index (χ1) is 17.8. The van der Waals surface area contributed by atoms with E-state index < -0.39 is 27.2 Å². The Morgan fingerprint density at radius 1 is 0.703 bits per heavy atom. The summed E-state index contributed by atoms with van der Waals surface area (Å²) in [6, 6.07) is 24.0. The first-order valence-electron chi connectivity index (χ1n) is 11.0. The SMILES string of the molecule is O=C(O)c1ccc(-c2c(OCc3ccccc3)c([N+](=O)[O-])cc([N+](=O)[O-])c2OCc2ccccc2)cc1. The molecule has 0 heterocycles. The molecule has 4 aromatic rings. The monoisotopic (exact) mass is 500 g/mol. The Kier molecular flexibility index (Phi) is 7.39. The Morgan fingerprint density at radius 3 is 1.51 bits per heavy atom. The molecule has 4 aromatic carbocycles. The minimum Gasteiger partial charge on any atom is -0.481 e. The zero-order chi connectivity index (χ0) is 26.4. The summed E-state index contributed by atoms with van der Waals surface area (Å²) in [7, 11) is 0. The van der Waals surface area contributed by atoms with Gasteiger partial charge in [0.1, 0.15) is 19.3 Å². The summed E-state index contributed by atoms with van der Waals surface area (Å²) in [6.45, 7) is -0.115. The minimum atomic E-state index is -1.17. The van der Waals surface area contributed by atoms with Gasteiger partial charge in [0.05, 0.1) is 21.0 Å². The lowest BCUT2D eigenvalue weighted by Crippen LogP contribution is -2.07. The summed E-state index contributed by atoms with van der Waals surface area (Å²) in [4.78, 5) is 33.9. The number of carbonyl (C=O) groups is 1. The lowest BCUT2D eigenvalue weighted by Gasteiger charge is -2.17. The number of benzene rings is 4. The molecule has 37 heavy (non-hydrogen) atoms. The molecular formula is C27H20N2O8. The maximum Gasteiger partial charge on any atom is 0.335 e. The van der Waals surface area contributed by atoms with E-state index in [0.717, 1.165) is 6.07 Å². The van der Waals surface area contributed by atoms with Gasteiger partial charge in [-0.15, -0.1) is 0 Å². The van der Waals surface area contributed by atoms with Crippen LogP contribution in [0, 0.1) is 20.2 Å². The average Bonchev–Trinajstić information content (AvgIpc) is 2.91. The molecular weight excluding hydrogens is 480 g/mol. The van der Waals surface area contributed by atoms with Crippen LogP contribution in [0.15, 0.2) is 91.0 Å². The normalized spacial score (nSPS) is 10.5. The molecule has 0 saturated carbocycles. The summed E-state index contributed by atoms with van der Waals surface area (Å²) in [6.07, 6.45) is 0. The molecule has 0 unspecified atom stereocenters. The van der Waals surface area contributed by atoms with Gasteiger partial charge in [0.2, 0.25) is 11.5 Å². The minimum absolute atomic E-state index is 0.0234. The van der Waals surface area contributed by atoms with Gasteiger partial charge in [-0.3, -0.25) is 20.2 Å². The predicted octanol–water partition coefficient (Wildman–Crippen LogP) is 6.03. The van der Waals surface area contributed by atoms with E-state index in [1.54, 1.807) is 48.5 Å². The van der Waals surface area contributed by atoms with Gasteiger partial charge in [0.15, 0.2) is 0 Å². The Bertz CT molecular complexity index is 1360. The molecule has 10 nitrogen and oxygen atoms in total. The van der Waals surface area contributed by atoms with E-state index in [9.17, 15) is 30.1 Å². The van der Waals surface area contributed by atoms with Crippen molar-refractivity contribution in [2.45, 2.75) is 13.2 Å². The molecule has 0 aliphatic carbocycles. The van der Waals surface area contributed by atoms with E-state index in [4.69, 9.17) is 9.47 Å². The van der Waals surface area contributed by atoms with Crippen LogP contribution in [0.4, 0.5) is 11.4 Å². The van der Waals surface area contributed by atoms with Crippen molar-refractivity contribution in [2.75, 3.05) is 0 Å². The van der Waals surface area contributed by atoms with Crippen molar-refractivity contribution in [3.05, 3.63) is 128 Å². The summed E-state index contributed by atoms with van der Waals surface area (Å²) in [5.74, 6) is -1.63. The second-order valence-electron chi connectivity index (χ2n) is 7.89. The number of nitro groups is 2. The lowest BCUT2D eigenvalue weighted by atomic mass is 9.99. The van der Waals surface area contributed by atoms with Crippen LogP contribution in [0.25, 0.3) is 11.1 Å². The number of carboxylic acids is 1. The van der Waals surface area contributed by atoms with Gasteiger partial charge in [0, 0.05) is 0 Å². The van der Waals surface area contributed by atoms with Crippen LogP contribution < -0.4 is 9.47 Å². The third-order valence-corrected chi connectivity index (χ3v) is 5.46. The van der Waals surface area contributed by atoms with Gasteiger partial charge in [-0.1, -0.05) is 72.8 Å². The van der Waals surface area contributed by atoms with Crippen molar-refractivity contribution in [2.24, 2.45) is 0 Å². The van der Waals surface area contributed by atoms with E-state index in [2.05, 4.69) is 0 Å². The highest BCUT2D eigenvalue weighted by Crippen LogP contribution is 2.50. The molecule has 0 fully saturated rings. The fourth-order valence-electron chi connectivity index (χ4n) is 3.68. The van der Waals surface area contributed by atoms with Crippen molar-refractivity contribution < 1.29 is 29.2 Å². The molecule has 0 aliphatic rings. The van der Waals surface area contributed by atoms with Crippen molar-refractivity contribution in [3.8, 4) is 22.6 Å². The molecule has 0 atom stereocenters. The van der Waals surface area contributed by atoms with Crippen molar-refractivity contribution >= 4 is 17.3 Å². The van der Waals surface area contributed by atoms with E-state index in [-0.39, 0.29) is 41.4 Å². The fourth-order valence-corrected chi connectivity index (χ4v) is 3.68. The summed E-state index contributed by atoms with van der Waals surface area (Å²) >= 11 is 0. The highest BCUT2D eigenvalue weighted by Gasteiger charge is 2.33. The summed E-state index contributed by atoms with van der Waals surface area (Å²) in [5, 5.41) is 33.3. The van der Waals surface area contributed by atoms with Crippen LogP contribution in [0.3, 0.4) is 0 Å². The second-order valence-corrected chi connectivity index (χ2v) is 7.89. The van der Waals surface area contributed by atoms with E-state index in [0.29, 0.717) is 11.1 Å². The van der Waals surface area contributed by atoms with Gasteiger partial charge >= 0.3 is 17.3 Å². The fraction of sp³-hybridized carbons (Fsp3) is 0.0741. The molecule has 0 bridgehead atoms. The molecule has 4 rings (SSSR count). The Morgan fingerprint density at radius 2 is 1.14 bits per heavy atom. The largest absolute Gasteiger partial charge is 0.481 e. The molecule has 0 saturated heterocycles. The van der Waals surface area contributed by atoms with Crippen LogP contribution in [0.5, 0.6) is 11.5 Å². The first kappa shape index (κ1) is 24.9. The number of rotatable bonds is 10. The van der Waals surface area contributed by atoms with Crippen molar-refractivity contribution in [1.29, 1.82) is 0 Å². The molecule has 0 aromatic heterocycles. The van der Waals surface area contributed by atoms with Crippen molar-refractivity contribution in [1.82, 2.24) is 0 Å². The smallest absolute Gasteiger partial charge is 0.335 e. The topological polar surface area (TPSA) is 142 Å². The van der Waals surface area contributed by atoms with Gasteiger partial charge < -0.3 is 14.6 Å². The quantitative estimate of drug-likeness (QED) is 0.206. The molecule has 1 N–H and O–H groups in total. The third-order valence-electron chi connectivity index (χ3n) is 5.46. The van der Waals surface area contributed by atoms with Gasteiger partial charge in [-0.25, -0.2) is 4.79 Å². The van der Waals surface area contributed by atoms with Gasteiger partial charge in [0.25, 0.3) is 0 Å². The summed E-state index contributed by atoms with van der Waals surface area (Å²) < 4.78 is 11.8. The van der Waals surface area contributed by atoms with Crippen molar-refractivity contribution in [3.63, 3.8) is 0 Å². The van der Waals surface area contributed by atoms with Crippen LogP contribution >= 0.6 is 0 Å². The Balaban J connectivity index is 1.92. The molecule has 10 heteroatoms. The van der Waals surface area contributed by atoms with E-state index in [1.165, 1.54) is 24.3 Å². The number of ether oxygens (including phenoxy) is 2. The maximum absolute atomic E-state index is 12.0.